The van der Waals surface area contributed by atoms with E-state index < -0.39 is 16.0 Å². The monoisotopic (exact) mass is 230 g/mol. The summed E-state index contributed by atoms with van der Waals surface area (Å²) in [7, 11) is -4.26. The van der Waals surface area contributed by atoms with Crippen molar-refractivity contribution in [3.63, 3.8) is 0 Å². The molecule has 0 aliphatic heterocycles. The van der Waals surface area contributed by atoms with Crippen LogP contribution < -0.4 is 5.01 Å². The molecule has 15 heavy (non-hydrogen) atoms. The third kappa shape index (κ3) is 3.64. The van der Waals surface area contributed by atoms with Crippen LogP contribution in [0.3, 0.4) is 0 Å². The standard InChI is InChI=1S/C8H10N2O4S/c1-7-2-4-8(5-3-7)10(9-11)6-15(12,13)14/h2-5H,6H2,1H3,(H,12,13,14). The van der Waals surface area contributed by atoms with Crippen LogP contribution >= 0.6 is 0 Å². The smallest absolute Gasteiger partial charge is 0.284 e. The molecule has 0 aliphatic rings. The van der Waals surface area contributed by atoms with Crippen molar-refractivity contribution in [1.29, 1.82) is 0 Å². The Hall–Kier alpha value is -1.47. The summed E-state index contributed by atoms with van der Waals surface area (Å²) in [6.07, 6.45) is 0. The molecule has 1 N–H and O–H groups in total. The Kier molecular flexibility index (Phi) is 3.38. The average Bonchev–Trinajstić information content (AvgIpc) is 2.14. The summed E-state index contributed by atoms with van der Waals surface area (Å²) in [6, 6.07) is 6.50. The fourth-order valence-corrected chi connectivity index (χ4v) is 1.52. The van der Waals surface area contributed by atoms with Gasteiger partial charge in [-0.25, -0.2) is 5.01 Å². The lowest BCUT2D eigenvalue weighted by atomic mass is 10.2. The molecule has 0 heterocycles. The van der Waals surface area contributed by atoms with Crippen molar-refractivity contribution in [2.45, 2.75) is 6.92 Å². The van der Waals surface area contributed by atoms with Gasteiger partial charge in [-0.3, -0.25) is 4.55 Å². The lowest BCUT2D eigenvalue weighted by Crippen LogP contribution is -2.23. The molecule has 1 aromatic rings. The van der Waals surface area contributed by atoms with Gasteiger partial charge in [0.25, 0.3) is 10.1 Å². The second-order valence-corrected chi connectivity index (χ2v) is 4.45. The number of aryl methyl sites for hydroxylation is 1. The van der Waals surface area contributed by atoms with Gasteiger partial charge in [-0.2, -0.15) is 8.42 Å². The molecule has 1 aromatic carbocycles. The maximum absolute atomic E-state index is 10.6. The minimum absolute atomic E-state index is 0.313. The minimum atomic E-state index is -4.26. The molecule has 0 saturated carbocycles. The van der Waals surface area contributed by atoms with Crippen molar-refractivity contribution in [3.8, 4) is 0 Å². The van der Waals surface area contributed by atoms with Crippen molar-refractivity contribution in [1.82, 2.24) is 0 Å². The van der Waals surface area contributed by atoms with Crippen LogP contribution in [0.15, 0.2) is 29.6 Å². The van der Waals surface area contributed by atoms with E-state index in [4.69, 9.17) is 4.55 Å². The first-order chi connectivity index (χ1) is 6.92. The molecule has 0 aromatic heterocycles. The number of nitrogens with zero attached hydrogens (tertiary/aromatic N) is 2. The van der Waals surface area contributed by atoms with E-state index in [9.17, 15) is 13.3 Å². The molecule has 0 spiro atoms. The fourth-order valence-electron chi connectivity index (χ4n) is 1.02. The van der Waals surface area contributed by atoms with E-state index in [-0.39, 0.29) is 0 Å². The highest BCUT2D eigenvalue weighted by Gasteiger charge is 2.14. The van der Waals surface area contributed by atoms with Gasteiger partial charge in [0.15, 0.2) is 5.88 Å². The number of hydrogen-bond acceptors (Lipinski definition) is 4. The Morgan fingerprint density at radius 2 is 1.87 bits per heavy atom. The first-order valence-corrected chi connectivity index (χ1v) is 5.66. The van der Waals surface area contributed by atoms with Crippen LogP contribution in [-0.2, 0) is 10.1 Å². The van der Waals surface area contributed by atoms with Crippen molar-refractivity contribution in [2.24, 2.45) is 5.29 Å². The summed E-state index contributed by atoms with van der Waals surface area (Å²) < 4.78 is 29.7. The number of rotatable bonds is 4. The molecule has 82 valence electrons. The third-order valence-electron chi connectivity index (χ3n) is 1.72. The van der Waals surface area contributed by atoms with Crippen LogP contribution in [0.4, 0.5) is 5.69 Å². The van der Waals surface area contributed by atoms with Gasteiger partial charge in [0.2, 0.25) is 0 Å². The van der Waals surface area contributed by atoms with E-state index in [1.807, 2.05) is 6.92 Å². The van der Waals surface area contributed by atoms with Gasteiger partial charge in [0.1, 0.15) is 0 Å². The molecular weight excluding hydrogens is 220 g/mol. The lowest BCUT2D eigenvalue weighted by molar-refractivity contribution is 0.481. The van der Waals surface area contributed by atoms with Crippen molar-refractivity contribution >= 4 is 15.8 Å². The second kappa shape index (κ2) is 4.37. The van der Waals surface area contributed by atoms with Crippen molar-refractivity contribution in [2.75, 3.05) is 10.9 Å². The van der Waals surface area contributed by atoms with Gasteiger partial charge in [-0.15, -0.1) is 4.91 Å². The summed E-state index contributed by atoms with van der Waals surface area (Å²) in [6.45, 7) is 1.85. The number of hydrogen-bond donors (Lipinski definition) is 1. The van der Waals surface area contributed by atoms with Crippen LogP contribution in [0.5, 0.6) is 0 Å². The van der Waals surface area contributed by atoms with Crippen LogP contribution in [0.1, 0.15) is 5.56 Å². The van der Waals surface area contributed by atoms with Crippen LogP contribution in [0, 0.1) is 11.8 Å². The molecule has 1 rings (SSSR count). The van der Waals surface area contributed by atoms with Crippen molar-refractivity contribution in [3.05, 3.63) is 34.7 Å². The Labute approximate surface area is 87.2 Å². The van der Waals surface area contributed by atoms with Crippen LogP contribution in [0.25, 0.3) is 0 Å². The zero-order chi connectivity index (χ0) is 11.5. The van der Waals surface area contributed by atoms with Crippen LogP contribution in [-0.4, -0.2) is 18.8 Å². The summed E-state index contributed by atoms with van der Waals surface area (Å²) in [4.78, 5) is 10.4. The highest BCUT2D eigenvalue weighted by atomic mass is 32.2. The summed E-state index contributed by atoms with van der Waals surface area (Å²) in [5.74, 6) is -0.848. The highest BCUT2D eigenvalue weighted by Crippen LogP contribution is 2.15. The van der Waals surface area contributed by atoms with Gasteiger partial charge in [0, 0.05) is 0 Å². The maximum atomic E-state index is 10.6. The molecule has 0 bridgehead atoms. The molecule has 0 aliphatic carbocycles. The molecule has 0 unspecified atom stereocenters. The lowest BCUT2D eigenvalue weighted by Gasteiger charge is -2.12. The Morgan fingerprint density at radius 1 is 1.33 bits per heavy atom. The molecule has 6 nitrogen and oxygen atoms in total. The second-order valence-electron chi connectivity index (χ2n) is 3.03. The van der Waals surface area contributed by atoms with E-state index in [0.29, 0.717) is 10.7 Å². The number of nitroso groups, excluding NO2 is 1. The Balaban J connectivity index is 2.93. The quantitative estimate of drug-likeness (QED) is 0.479. The van der Waals surface area contributed by atoms with Gasteiger partial charge < -0.3 is 0 Å². The average molecular weight is 230 g/mol. The van der Waals surface area contributed by atoms with E-state index >= 15 is 0 Å². The van der Waals surface area contributed by atoms with E-state index in [1.54, 1.807) is 24.3 Å². The number of benzene rings is 1. The SMILES string of the molecule is Cc1ccc(N(CS(=O)(=O)O)N=O)cc1. The highest BCUT2D eigenvalue weighted by molar-refractivity contribution is 7.85. The molecule has 0 radical (unpaired) electrons. The number of anilines is 1. The minimum Gasteiger partial charge on any atom is -0.284 e. The van der Waals surface area contributed by atoms with E-state index in [1.165, 1.54) is 0 Å². The van der Waals surface area contributed by atoms with Gasteiger partial charge >= 0.3 is 0 Å². The summed E-state index contributed by atoms with van der Waals surface area (Å²) >= 11 is 0. The largest absolute Gasteiger partial charge is 0.285 e. The van der Waals surface area contributed by atoms with E-state index in [0.717, 1.165) is 5.56 Å². The van der Waals surface area contributed by atoms with Crippen molar-refractivity contribution < 1.29 is 13.0 Å². The zero-order valence-electron chi connectivity index (χ0n) is 7.99. The van der Waals surface area contributed by atoms with Crippen LogP contribution in [0.2, 0.25) is 0 Å². The molecule has 0 fully saturated rings. The Bertz CT molecular complexity index is 440. The zero-order valence-corrected chi connectivity index (χ0v) is 8.81. The summed E-state index contributed by atoms with van der Waals surface area (Å²) in [5, 5.41) is 3.18. The maximum Gasteiger partial charge on any atom is 0.285 e. The third-order valence-corrected chi connectivity index (χ3v) is 2.29. The first-order valence-electron chi connectivity index (χ1n) is 4.05. The normalized spacial score (nSPS) is 11.1. The Morgan fingerprint density at radius 3 is 2.27 bits per heavy atom. The fraction of sp³-hybridized carbons (Fsp3) is 0.250. The first kappa shape index (κ1) is 11.6. The molecule has 0 saturated heterocycles. The predicted molar refractivity (Wildman–Crippen MR) is 55.9 cm³/mol. The predicted octanol–water partition coefficient (Wildman–Crippen LogP) is 1.33. The molecular formula is C8H10N2O4S. The topological polar surface area (TPSA) is 87.0 Å². The van der Waals surface area contributed by atoms with Gasteiger partial charge in [-0.05, 0) is 19.1 Å². The van der Waals surface area contributed by atoms with Gasteiger partial charge in [0.05, 0.1) is 11.0 Å². The molecule has 7 heteroatoms. The summed E-state index contributed by atoms with van der Waals surface area (Å²) in [5.41, 5.74) is 1.28. The molecule has 0 atom stereocenters. The van der Waals surface area contributed by atoms with Gasteiger partial charge in [-0.1, -0.05) is 17.7 Å². The molecule has 0 amide bonds. The van der Waals surface area contributed by atoms with E-state index in [2.05, 4.69) is 5.29 Å².